The predicted molar refractivity (Wildman–Crippen MR) is 97.4 cm³/mol. The third-order valence-corrected chi connectivity index (χ3v) is 4.19. The second-order valence-corrected chi connectivity index (χ2v) is 6.04. The third kappa shape index (κ3) is 3.68. The Bertz CT molecular complexity index is 1190. The molecule has 0 fully saturated rings. The Hall–Kier alpha value is -4.27. The van der Waals surface area contributed by atoms with Crippen LogP contribution < -0.4 is 4.74 Å². The molecule has 10 nitrogen and oxygen atoms in total. The van der Waals surface area contributed by atoms with Gasteiger partial charge in [-0.25, -0.2) is 18.4 Å². The Labute approximate surface area is 168 Å². The number of hydrogen-bond acceptors (Lipinski definition) is 8. The lowest BCUT2D eigenvalue weighted by molar-refractivity contribution is 0.151. The van der Waals surface area contributed by atoms with E-state index in [4.69, 9.17) is 10.00 Å². The third-order valence-electron chi connectivity index (χ3n) is 4.19. The number of rotatable bonds is 6. The fraction of sp³-hybridized carbons (Fsp3) is 0.167. The highest BCUT2D eigenvalue weighted by Crippen LogP contribution is 2.23. The highest BCUT2D eigenvalue weighted by atomic mass is 19.3. The summed E-state index contributed by atoms with van der Waals surface area (Å²) in [5.74, 6) is 0.849. The fourth-order valence-electron chi connectivity index (χ4n) is 2.64. The second-order valence-electron chi connectivity index (χ2n) is 6.04. The van der Waals surface area contributed by atoms with E-state index in [1.165, 1.54) is 27.6 Å². The van der Waals surface area contributed by atoms with Crippen molar-refractivity contribution >= 4 is 0 Å². The minimum absolute atomic E-state index is 0.0552. The van der Waals surface area contributed by atoms with Gasteiger partial charge in [0.2, 0.25) is 11.7 Å². The minimum Gasteiger partial charge on any atom is -0.470 e. The summed E-state index contributed by atoms with van der Waals surface area (Å²) < 4.78 is 34.1. The van der Waals surface area contributed by atoms with Crippen LogP contribution in [0.1, 0.15) is 23.5 Å². The highest BCUT2D eigenvalue weighted by molar-refractivity contribution is 5.56. The molecule has 4 aromatic rings. The molecule has 0 aromatic carbocycles. The van der Waals surface area contributed by atoms with Gasteiger partial charge in [0.05, 0.1) is 5.69 Å². The maximum Gasteiger partial charge on any atom is 0.265 e. The van der Waals surface area contributed by atoms with Crippen molar-refractivity contribution < 1.29 is 13.5 Å². The molecule has 0 N–H and O–H groups in total. The summed E-state index contributed by atoms with van der Waals surface area (Å²) in [7, 11) is 1.68. The van der Waals surface area contributed by atoms with Crippen molar-refractivity contribution in [3.63, 3.8) is 0 Å². The van der Waals surface area contributed by atoms with E-state index < -0.39 is 6.43 Å². The van der Waals surface area contributed by atoms with Gasteiger partial charge in [-0.1, -0.05) is 5.21 Å². The van der Waals surface area contributed by atoms with Gasteiger partial charge in [0.25, 0.3) is 6.43 Å². The Balaban J connectivity index is 1.51. The smallest absolute Gasteiger partial charge is 0.265 e. The maximum atomic E-state index is 12.7. The summed E-state index contributed by atoms with van der Waals surface area (Å²) in [6.45, 7) is 0.0552. The molecule has 0 radical (unpaired) electrons. The van der Waals surface area contributed by atoms with Crippen molar-refractivity contribution in [3.05, 3.63) is 59.9 Å². The molecule has 0 aliphatic heterocycles. The first-order chi connectivity index (χ1) is 14.6. The molecule has 30 heavy (non-hydrogen) atoms. The van der Waals surface area contributed by atoms with E-state index in [0.29, 0.717) is 22.9 Å². The number of alkyl halides is 2. The van der Waals surface area contributed by atoms with E-state index in [-0.39, 0.29) is 23.9 Å². The van der Waals surface area contributed by atoms with Crippen LogP contribution in [0.4, 0.5) is 8.78 Å². The topological polar surface area (TPSA) is 120 Å². The van der Waals surface area contributed by atoms with Gasteiger partial charge in [0.15, 0.2) is 5.82 Å². The van der Waals surface area contributed by atoms with Crippen molar-refractivity contribution in [2.24, 2.45) is 7.05 Å². The van der Waals surface area contributed by atoms with Crippen molar-refractivity contribution in [2.45, 2.75) is 13.0 Å². The van der Waals surface area contributed by atoms with Gasteiger partial charge in [-0.3, -0.25) is 9.55 Å². The SMILES string of the molecule is Cn1nnc(-c2ccc(C(F)F)cn2)c1COc1ccc(-n2ccnc2C#N)nn1. The largest absolute Gasteiger partial charge is 0.470 e. The Kier molecular flexibility index (Phi) is 5.08. The Morgan fingerprint density at radius 1 is 1.13 bits per heavy atom. The quantitative estimate of drug-likeness (QED) is 0.475. The number of aryl methyl sites for hydroxylation is 1. The van der Waals surface area contributed by atoms with Crippen LogP contribution in [-0.4, -0.2) is 39.7 Å². The van der Waals surface area contributed by atoms with E-state index in [2.05, 4.69) is 30.5 Å². The van der Waals surface area contributed by atoms with Crippen LogP contribution in [0.2, 0.25) is 0 Å². The van der Waals surface area contributed by atoms with Gasteiger partial charge < -0.3 is 4.74 Å². The van der Waals surface area contributed by atoms with E-state index in [1.54, 1.807) is 25.4 Å². The molecule has 0 spiro atoms. The van der Waals surface area contributed by atoms with Crippen LogP contribution in [0.25, 0.3) is 17.2 Å². The van der Waals surface area contributed by atoms with Gasteiger partial charge >= 0.3 is 0 Å². The number of nitrogens with zero attached hydrogens (tertiary/aromatic N) is 9. The monoisotopic (exact) mass is 409 g/mol. The number of hydrogen-bond donors (Lipinski definition) is 0. The van der Waals surface area contributed by atoms with Gasteiger partial charge in [-0.05, 0) is 18.2 Å². The van der Waals surface area contributed by atoms with Gasteiger partial charge in [-0.15, -0.1) is 15.3 Å². The summed E-state index contributed by atoms with van der Waals surface area (Å²) >= 11 is 0. The normalized spacial score (nSPS) is 10.9. The molecule has 0 unspecified atom stereocenters. The van der Waals surface area contributed by atoms with Gasteiger partial charge in [0, 0.05) is 37.3 Å². The molecule has 4 heterocycles. The Morgan fingerprint density at radius 3 is 2.67 bits per heavy atom. The first kappa shape index (κ1) is 19.1. The molecule has 0 saturated carbocycles. The molecule has 150 valence electrons. The molecule has 0 bridgehead atoms. The second kappa shape index (κ2) is 8.00. The molecular weight excluding hydrogens is 396 g/mol. The lowest BCUT2D eigenvalue weighted by Gasteiger charge is -2.08. The zero-order chi connectivity index (χ0) is 21.1. The zero-order valence-corrected chi connectivity index (χ0v) is 15.5. The summed E-state index contributed by atoms with van der Waals surface area (Å²) in [6.07, 6.45) is 1.60. The van der Waals surface area contributed by atoms with Crippen molar-refractivity contribution in [2.75, 3.05) is 0 Å². The number of imidazole rings is 1. The first-order valence-electron chi connectivity index (χ1n) is 8.60. The molecule has 0 amide bonds. The minimum atomic E-state index is -2.59. The lowest BCUT2D eigenvalue weighted by atomic mass is 10.2. The van der Waals surface area contributed by atoms with Crippen molar-refractivity contribution in [3.8, 4) is 29.2 Å². The molecule has 0 saturated heterocycles. The molecule has 0 atom stereocenters. The summed E-state index contributed by atoms with van der Waals surface area (Å²) in [5, 5.41) is 25.1. The summed E-state index contributed by atoms with van der Waals surface area (Å²) in [5.41, 5.74) is 1.23. The van der Waals surface area contributed by atoms with Crippen LogP contribution in [0.5, 0.6) is 5.88 Å². The van der Waals surface area contributed by atoms with E-state index in [1.807, 2.05) is 6.07 Å². The van der Waals surface area contributed by atoms with Crippen LogP contribution >= 0.6 is 0 Å². The molecule has 4 aromatic heterocycles. The van der Waals surface area contributed by atoms with Crippen LogP contribution in [0.3, 0.4) is 0 Å². The van der Waals surface area contributed by atoms with Crippen molar-refractivity contribution in [1.82, 2.24) is 39.7 Å². The number of nitriles is 1. The molecule has 4 rings (SSSR count). The van der Waals surface area contributed by atoms with Crippen molar-refractivity contribution in [1.29, 1.82) is 5.26 Å². The fourth-order valence-corrected chi connectivity index (χ4v) is 2.64. The molecule has 0 aliphatic rings. The summed E-state index contributed by atoms with van der Waals surface area (Å²) in [6, 6.07) is 7.95. The van der Waals surface area contributed by atoms with Gasteiger partial charge in [-0.2, -0.15) is 5.26 Å². The highest BCUT2D eigenvalue weighted by Gasteiger charge is 2.16. The number of ether oxygens (including phenoxy) is 1. The van der Waals surface area contributed by atoms with E-state index in [9.17, 15) is 8.78 Å². The van der Waals surface area contributed by atoms with Crippen LogP contribution in [-0.2, 0) is 13.7 Å². The average molecular weight is 409 g/mol. The number of pyridine rings is 1. The van der Waals surface area contributed by atoms with E-state index in [0.717, 1.165) is 6.20 Å². The van der Waals surface area contributed by atoms with E-state index >= 15 is 0 Å². The molecule has 12 heteroatoms. The first-order valence-corrected chi connectivity index (χ1v) is 8.60. The number of halogens is 2. The van der Waals surface area contributed by atoms with Gasteiger partial charge in [0.1, 0.15) is 24.1 Å². The van der Waals surface area contributed by atoms with Crippen LogP contribution in [0, 0.1) is 11.3 Å². The molecule has 0 aliphatic carbocycles. The lowest BCUT2D eigenvalue weighted by Crippen LogP contribution is -2.07. The summed E-state index contributed by atoms with van der Waals surface area (Å²) in [4.78, 5) is 7.95. The predicted octanol–water partition coefficient (Wildman–Crippen LogP) is 2.24. The Morgan fingerprint density at radius 2 is 2.00 bits per heavy atom. The maximum absolute atomic E-state index is 12.7. The molecular formula is C18H13F2N9O. The standard InChI is InChI=1S/C18H13F2N9O/c1-28-13(17(26-27-28)12-3-2-11(9-23-12)18(19)20)10-30-16-5-4-14(24-25-16)29-7-6-22-15(29)8-21/h2-7,9,18H,10H2,1H3. The van der Waals surface area contributed by atoms with Crippen LogP contribution in [0.15, 0.2) is 42.9 Å². The number of aromatic nitrogens is 8. The zero-order valence-electron chi connectivity index (χ0n) is 15.5. The average Bonchev–Trinajstić information content (AvgIpc) is 3.39.